The highest BCUT2D eigenvalue weighted by Gasteiger charge is 2.34. The zero-order chi connectivity index (χ0) is 20.6. The summed E-state index contributed by atoms with van der Waals surface area (Å²) in [6.07, 6.45) is 1.57. The van der Waals surface area contributed by atoms with E-state index < -0.39 is 10.2 Å². The van der Waals surface area contributed by atoms with E-state index in [0.29, 0.717) is 49.9 Å². The van der Waals surface area contributed by atoms with Crippen LogP contribution in [-0.2, 0) is 10.2 Å². The van der Waals surface area contributed by atoms with Gasteiger partial charge in [-0.3, -0.25) is 4.98 Å². The van der Waals surface area contributed by atoms with Crippen molar-refractivity contribution < 1.29 is 8.42 Å². The molecule has 2 aliphatic rings. The van der Waals surface area contributed by atoms with E-state index in [9.17, 15) is 13.7 Å². The summed E-state index contributed by atoms with van der Waals surface area (Å²) in [5.74, 6) is 0. The van der Waals surface area contributed by atoms with Crippen LogP contribution in [0.4, 0.5) is 5.69 Å². The Morgan fingerprint density at radius 3 is 2.28 bits per heavy atom. The number of pyridine rings is 1. The van der Waals surface area contributed by atoms with Crippen LogP contribution in [0.1, 0.15) is 5.56 Å². The number of piperazine rings is 2. The normalized spacial score (nSPS) is 20.1. The maximum atomic E-state index is 13.0. The Balaban J connectivity index is 1.56. The number of hydrogen-bond donors (Lipinski definition) is 0. The second-order valence-corrected chi connectivity index (χ2v) is 9.75. The van der Waals surface area contributed by atoms with Crippen molar-refractivity contribution in [3.63, 3.8) is 0 Å². The molecule has 1 aromatic heterocycles. The molecule has 0 saturated carbocycles. The summed E-state index contributed by atoms with van der Waals surface area (Å²) in [5.41, 5.74) is 2.00. The zero-order valence-electron chi connectivity index (χ0n) is 16.3. The average molecular weight is 435 g/mol. The average Bonchev–Trinajstić information content (AvgIpc) is 2.73. The number of aromatic nitrogens is 1. The molecule has 0 amide bonds. The number of rotatable bonds is 3. The molecule has 1 aromatic carbocycles. The number of benzene rings is 1. The van der Waals surface area contributed by atoms with E-state index in [1.165, 1.54) is 0 Å². The van der Waals surface area contributed by atoms with E-state index >= 15 is 0 Å². The Morgan fingerprint density at radius 2 is 1.66 bits per heavy atom. The first-order valence-corrected chi connectivity index (χ1v) is 11.3. The Kier molecular flexibility index (Phi) is 5.64. The van der Waals surface area contributed by atoms with Crippen LogP contribution in [0.3, 0.4) is 0 Å². The second-order valence-electron chi connectivity index (χ2n) is 7.39. The summed E-state index contributed by atoms with van der Waals surface area (Å²) >= 11 is 6.18. The zero-order valence-corrected chi connectivity index (χ0v) is 17.8. The van der Waals surface area contributed by atoms with Gasteiger partial charge in [0.15, 0.2) is 0 Å². The lowest BCUT2D eigenvalue weighted by molar-refractivity contribution is 0.210. The molecule has 4 rings (SSSR count). The lowest BCUT2D eigenvalue weighted by atomic mass is 10.1. The largest absolute Gasteiger partial charge is 0.367 e. The van der Waals surface area contributed by atoms with Gasteiger partial charge >= 0.3 is 0 Å². The van der Waals surface area contributed by atoms with Crippen LogP contribution < -0.4 is 4.90 Å². The Bertz CT molecular complexity index is 1050. The number of nitriles is 1. The molecule has 2 fully saturated rings. The first-order valence-electron chi connectivity index (χ1n) is 9.57. The van der Waals surface area contributed by atoms with Gasteiger partial charge in [0.2, 0.25) is 0 Å². The molecule has 0 atom stereocenters. The van der Waals surface area contributed by atoms with Gasteiger partial charge in [0.05, 0.1) is 16.8 Å². The van der Waals surface area contributed by atoms with Gasteiger partial charge in [0, 0.05) is 69.0 Å². The molecule has 0 bridgehead atoms. The minimum absolute atomic E-state index is 0.379. The van der Waals surface area contributed by atoms with Crippen molar-refractivity contribution in [3.05, 3.63) is 35.0 Å². The van der Waals surface area contributed by atoms with Gasteiger partial charge in [-0.25, -0.2) is 0 Å². The fourth-order valence-corrected chi connectivity index (χ4v) is 5.65. The van der Waals surface area contributed by atoms with Crippen LogP contribution in [0.5, 0.6) is 0 Å². The summed E-state index contributed by atoms with van der Waals surface area (Å²) in [5, 5.41) is 11.0. The highest BCUT2D eigenvalue weighted by Crippen LogP contribution is 2.32. The molecule has 0 unspecified atom stereocenters. The van der Waals surface area contributed by atoms with Crippen molar-refractivity contribution in [1.82, 2.24) is 18.5 Å². The van der Waals surface area contributed by atoms with Gasteiger partial charge in [-0.1, -0.05) is 11.6 Å². The van der Waals surface area contributed by atoms with E-state index in [0.717, 1.165) is 29.7 Å². The van der Waals surface area contributed by atoms with Crippen molar-refractivity contribution in [3.8, 4) is 6.07 Å². The summed E-state index contributed by atoms with van der Waals surface area (Å²) in [6, 6.07) is 7.62. The highest BCUT2D eigenvalue weighted by molar-refractivity contribution is 7.86. The number of anilines is 1. The number of likely N-dealkylation sites (N-methyl/N-ethyl adjacent to an activating group) is 1. The van der Waals surface area contributed by atoms with Crippen LogP contribution in [0.25, 0.3) is 10.9 Å². The number of fused-ring (bicyclic) bond motifs is 1. The van der Waals surface area contributed by atoms with Crippen molar-refractivity contribution in [1.29, 1.82) is 5.26 Å². The van der Waals surface area contributed by atoms with Crippen LogP contribution in [-0.4, -0.2) is 86.3 Å². The van der Waals surface area contributed by atoms with Gasteiger partial charge in [-0.2, -0.15) is 22.3 Å². The first-order chi connectivity index (χ1) is 13.9. The van der Waals surface area contributed by atoms with E-state index in [1.54, 1.807) is 20.9 Å². The summed E-state index contributed by atoms with van der Waals surface area (Å²) in [6.45, 7) is 4.30. The third-order valence-corrected chi connectivity index (χ3v) is 7.86. The van der Waals surface area contributed by atoms with Crippen LogP contribution >= 0.6 is 11.6 Å². The molecule has 8 nitrogen and oxygen atoms in total. The Labute approximate surface area is 176 Å². The number of halogens is 1. The fourth-order valence-electron chi connectivity index (χ4n) is 3.90. The van der Waals surface area contributed by atoms with Gasteiger partial charge in [0.1, 0.15) is 6.07 Å². The molecule has 29 heavy (non-hydrogen) atoms. The van der Waals surface area contributed by atoms with Crippen molar-refractivity contribution in [2.45, 2.75) is 0 Å². The molecule has 10 heteroatoms. The molecular weight excluding hydrogens is 412 g/mol. The van der Waals surface area contributed by atoms with E-state index in [1.807, 2.05) is 19.2 Å². The third-order valence-electron chi connectivity index (χ3n) is 5.59. The van der Waals surface area contributed by atoms with E-state index in [-0.39, 0.29) is 0 Å². The topological polar surface area (TPSA) is 83.8 Å². The molecule has 2 aliphatic heterocycles. The highest BCUT2D eigenvalue weighted by atomic mass is 35.5. The number of hydrogen-bond acceptors (Lipinski definition) is 6. The predicted octanol–water partition coefficient (Wildman–Crippen LogP) is 1.37. The maximum Gasteiger partial charge on any atom is 0.282 e. The monoisotopic (exact) mass is 434 g/mol. The molecule has 3 heterocycles. The van der Waals surface area contributed by atoms with Gasteiger partial charge < -0.3 is 9.80 Å². The third kappa shape index (κ3) is 3.91. The van der Waals surface area contributed by atoms with Crippen LogP contribution in [0.15, 0.2) is 24.4 Å². The maximum absolute atomic E-state index is 13.0. The SMILES string of the molecule is CN1CCN(S(=O)(=O)N2CCN(c3c(C#N)cnc4ccc(Cl)cc34)CC2)CC1. The summed E-state index contributed by atoms with van der Waals surface area (Å²) in [7, 11) is -1.46. The molecule has 2 aromatic rings. The van der Waals surface area contributed by atoms with Gasteiger partial charge in [-0.15, -0.1) is 0 Å². The quantitative estimate of drug-likeness (QED) is 0.725. The lowest BCUT2D eigenvalue weighted by Gasteiger charge is -2.40. The van der Waals surface area contributed by atoms with Crippen molar-refractivity contribution in [2.75, 3.05) is 64.3 Å². The fraction of sp³-hybridized carbons (Fsp3) is 0.474. The molecule has 0 N–H and O–H groups in total. The van der Waals surface area contributed by atoms with Crippen LogP contribution in [0.2, 0.25) is 5.02 Å². The molecule has 0 aliphatic carbocycles. The Morgan fingerprint density at radius 1 is 1.03 bits per heavy atom. The van der Waals surface area contributed by atoms with E-state index in [4.69, 9.17) is 11.6 Å². The van der Waals surface area contributed by atoms with Crippen molar-refractivity contribution >= 4 is 38.4 Å². The summed E-state index contributed by atoms with van der Waals surface area (Å²) < 4.78 is 29.1. The van der Waals surface area contributed by atoms with Crippen molar-refractivity contribution in [2.24, 2.45) is 0 Å². The molecule has 154 valence electrons. The molecular formula is C19H23ClN6O2S. The first kappa shape index (κ1) is 20.3. The predicted molar refractivity (Wildman–Crippen MR) is 113 cm³/mol. The standard InChI is InChI=1S/C19H23ClN6O2S/c1-23-4-8-25(9-5-23)29(27,28)26-10-6-24(7-11-26)19-15(13-21)14-22-18-3-2-16(20)12-17(18)19/h2-3,12,14H,4-11H2,1H3. The lowest BCUT2D eigenvalue weighted by Crippen LogP contribution is -2.56. The van der Waals surface area contributed by atoms with E-state index in [2.05, 4.69) is 20.9 Å². The minimum atomic E-state index is -3.46. The molecule has 0 radical (unpaired) electrons. The smallest absolute Gasteiger partial charge is 0.282 e. The van der Waals surface area contributed by atoms with Gasteiger partial charge in [0.25, 0.3) is 10.2 Å². The summed E-state index contributed by atoms with van der Waals surface area (Å²) in [4.78, 5) is 8.54. The number of nitrogens with zero attached hydrogens (tertiary/aromatic N) is 6. The molecule has 0 spiro atoms. The molecule has 2 saturated heterocycles. The Hall–Kier alpha value is -1.96. The van der Waals surface area contributed by atoms with Crippen LogP contribution in [0, 0.1) is 11.3 Å². The second kappa shape index (κ2) is 8.05. The minimum Gasteiger partial charge on any atom is -0.367 e. The van der Waals surface area contributed by atoms with Gasteiger partial charge in [-0.05, 0) is 25.2 Å².